The third kappa shape index (κ3) is 5.14. The molecule has 0 heterocycles. The van der Waals surface area contributed by atoms with Gasteiger partial charge in [-0.1, -0.05) is 24.3 Å². The van der Waals surface area contributed by atoms with Crippen molar-refractivity contribution in [2.45, 2.75) is 13.1 Å². The van der Waals surface area contributed by atoms with E-state index < -0.39 is 5.97 Å². The van der Waals surface area contributed by atoms with Crippen molar-refractivity contribution in [2.75, 3.05) is 21.3 Å². The fraction of sp³-hybridized carbons (Fsp3) is 0.263. The number of carboxylic acid groups (broad SMARTS) is 1. The van der Waals surface area contributed by atoms with Gasteiger partial charge in [0, 0.05) is 20.1 Å². The highest BCUT2D eigenvalue weighted by Gasteiger charge is 2.20. The molecule has 0 saturated carbocycles. The molecular weight excluding hydrogens is 334 g/mol. The first-order valence-corrected chi connectivity index (χ1v) is 8.06. The van der Waals surface area contributed by atoms with Gasteiger partial charge in [0.15, 0.2) is 0 Å². The van der Waals surface area contributed by atoms with Gasteiger partial charge in [0.25, 0.3) is 0 Å². The average Bonchev–Trinajstić information content (AvgIpc) is 2.66. The van der Waals surface area contributed by atoms with E-state index in [-0.39, 0.29) is 5.84 Å². The molecule has 138 valence electrons. The van der Waals surface area contributed by atoms with Gasteiger partial charge in [0.2, 0.25) is 5.84 Å². The summed E-state index contributed by atoms with van der Waals surface area (Å²) < 4.78 is 10.3. The standard InChI is InChI=1S/C19H23N3O4/c1-20-21-18(19(23)24)22(12-14-4-8-16(25-2)9-5-14)13-15-6-10-17(26-3)11-7-15/h4-11,20H,12-13H2,1-3H3,(H,23,24)/b21-18-. The Bertz CT molecular complexity index is 693. The molecule has 0 aliphatic rings. The number of carbonyl (C=O) groups is 1. The summed E-state index contributed by atoms with van der Waals surface area (Å²) in [6.45, 7) is 0.783. The third-order valence-electron chi connectivity index (χ3n) is 3.77. The van der Waals surface area contributed by atoms with Gasteiger partial charge in [0.05, 0.1) is 14.2 Å². The molecule has 0 saturated heterocycles. The molecule has 2 N–H and O–H groups in total. The monoisotopic (exact) mass is 357 g/mol. The van der Waals surface area contributed by atoms with Gasteiger partial charge in [-0.05, 0) is 35.4 Å². The van der Waals surface area contributed by atoms with Crippen molar-refractivity contribution in [1.29, 1.82) is 0 Å². The number of nitrogens with zero attached hydrogens (tertiary/aromatic N) is 2. The summed E-state index contributed by atoms with van der Waals surface area (Å²) in [4.78, 5) is 13.4. The molecule has 0 fully saturated rings. The largest absolute Gasteiger partial charge is 0.497 e. The predicted molar refractivity (Wildman–Crippen MR) is 99.4 cm³/mol. The van der Waals surface area contributed by atoms with Crippen LogP contribution in [-0.4, -0.2) is 43.1 Å². The minimum atomic E-state index is -1.10. The van der Waals surface area contributed by atoms with Crippen LogP contribution in [0.1, 0.15) is 11.1 Å². The van der Waals surface area contributed by atoms with Crippen LogP contribution in [0, 0.1) is 0 Å². The first kappa shape index (κ1) is 19.1. The normalized spacial score (nSPS) is 11.0. The smallest absolute Gasteiger partial charge is 0.373 e. The lowest BCUT2D eigenvalue weighted by Crippen LogP contribution is -2.37. The Morgan fingerprint density at radius 2 is 1.38 bits per heavy atom. The Labute approximate surface area is 152 Å². The van der Waals surface area contributed by atoms with Gasteiger partial charge >= 0.3 is 5.97 Å². The number of methoxy groups -OCH3 is 2. The Balaban J connectivity index is 2.27. The SMILES string of the molecule is CN/N=C(/C(=O)O)N(Cc1ccc(OC)cc1)Cc1ccc(OC)cc1. The van der Waals surface area contributed by atoms with Crippen LogP contribution in [0.4, 0.5) is 0 Å². The minimum Gasteiger partial charge on any atom is -0.497 e. The van der Waals surface area contributed by atoms with Crippen LogP contribution >= 0.6 is 0 Å². The maximum atomic E-state index is 11.7. The first-order valence-electron chi connectivity index (χ1n) is 8.06. The van der Waals surface area contributed by atoms with Gasteiger partial charge in [0.1, 0.15) is 11.5 Å². The van der Waals surface area contributed by atoms with Crippen LogP contribution < -0.4 is 14.9 Å². The Morgan fingerprint density at radius 1 is 0.962 bits per heavy atom. The lowest BCUT2D eigenvalue weighted by Gasteiger charge is -2.24. The van der Waals surface area contributed by atoms with Crippen molar-refractivity contribution < 1.29 is 19.4 Å². The number of hydrogen-bond acceptors (Lipinski definition) is 5. The second-order valence-corrected chi connectivity index (χ2v) is 5.52. The van der Waals surface area contributed by atoms with Crippen molar-refractivity contribution in [3.05, 3.63) is 59.7 Å². The summed E-state index contributed by atoms with van der Waals surface area (Å²) in [5, 5.41) is 13.5. The molecule has 0 aliphatic heterocycles. The van der Waals surface area contributed by atoms with Gasteiger partial charge < -0.3 is 24.9 Å². The number of ether oxygens (including phenoxy) is 2. The Morgan fingerprint density at radius 3 is 1.69 bits per heavy atom. The molecule has 0 spiro atoms. The van der Waals surface area contributed by atoms with Crippen LogP contribution in [0.2, 0.25) is 0 Å². The number of amidine groups is 1. The second-order valence-electron chi connectivity index (χ2n) is 5.52. The van der Waals surface area contributed by atoms with E-state index in [0.29, 0.717) is 13.1 Å². The number of aliphatic carboxylic acids is 1. The number of rotatable bonds is 7. The van der Waals surface area contributed by atoms with E-state index in [1.165, 1.54) is 0 Å². The highest BCUT2D eigenvalue weighted by molar-refractivity contribution is 6.34. The minimum absolute atomic E-state index is 0.0564. The molecular formula is C19H23N3O4. The summed E-state index contributed by atoms with van der Waals surface area (Å²) >= 11 is 0. The van der Waals surface area contributed by atoms with Crippen LogP contribution in [0.15, 0.2) is 53.6 Å². The fourth-order valence-corrected chi connectivity index (χ4v) is 2.47. The Hall–Kier alpha value is -3.22. The number of hydrazone groups is 1. The summed E-state index contributed by atoms with van der Waals surface area (Å²) in [6, 6.07) is 15.0. The van der Waals surface area contributed by atoms with E-state index in [9.17, 15) is 9.90 Å². The lowest BCUT2D eigenvalue weighted by molar-refractivity contribution is -0.130. The highest BCUT2D eigenvalue weighted by Crippen LogP contribution is 2.17. The molecule has 2 rings (SSSR count). The maximum Gasteiger partial charge on any atom is 0.373 e. The third-order valence-corrected chi connectivity index (χ3v) is 3.77. The van der Waals surface area contributed by atoms with E-state index in [1.54, 1.807) is 26.2 Å². The molecule has 0 amide bonds. The van der Waals surface area contributed by atoms with Gasteiger partial charge in [-0.25, -0.2) is 4.79 Å². The zero-order valence-electron chi connectivity index (χ0n) is 15.1. The molecule has 0 aromatic heterocycles. The topological polar surface area (TPSA) is 83.4 Å². The molecule has 0 unspecified atom stereocenters. The van der Waals surface area contributed by atoms with E-state index in [2.05, 4.69) is 10.5 Å². The molecule has 2 aromatic carbocycles. The highest BCUT2D eigenvalue weighted by atomic mass is 16.5. The number of nitrogens with one attached hydrogen (secondary N) is 1. The van der Waals surface area contributed by atoms with Crippen molar-refractivity contribution in [1.82, 2.24) is 10.3 Å². The van der Waals surface area contributed by atoms with Gasteiger partial charge in [-0.15, -0.1) is 0 Å². The summed E-state index contributed by atoms with van der Waals surface area (Å²) in [5.41, 5.74) is 4.46. The molecule has 0 aliphatic carbocycles. The second kappa shape index (κ2) is 9.31. The number of carboxylic acids is 1. The molecule has 0 atom stereocenters. The molecule has 7 nitrogen and oxygen atoms in total. The molecule has 26 heavy (non-hydrogen) atoms. The number of hydrogen-bond donors (Lipinski definition) is 2. The lowest BCUT2D eigenvalue weighted by atomic mass is 10.1. The van der Waals surface area contributed by atoms with Gasteiger partial charge in [-0.2, -0.15) is 5.10 Å². The van der Waals surface area contributed by atoms with Gasteiger partial charge in [-0.3, -0.25) is 0 Å². The van der Waals surface area contributed by atoms with E-state index in [4.69, 9.17) is 9.47 Å². The van der Waals surface area contributed by atoms with E-state index in [1.807, 2.05) is 48.5 Å². The van der Waals surface area contributed by atoms with Crippen LogP contribution in [0.3, 0.4) is 0 Å². The quantitative estimate of drug-likeness (QED) is 0.450. The fourth-order valence-electron chi connectivity index (χ4n) is 2.47. The van der Waals surface area contributed by atoms with E-state index in [0.717, 1.165) is 22.6 Å². The molecule has 7 heteroatoms. The van der Waals surface area contributed by atoms with Crippen molar-refractivity contribution in [3.8, 4) is 11.5 Å². The zero-order valence-corrected chi connectivity index (χ0v) is 15.1. The summed E-state index contributed by atoms with van der Waals surface area (Å²) in [5.74, 6) is 0.344. The summed E-state index contributed by atoms with van der Waals surface area (Å²) in [6.07, 6.45) is 0. The maximum absolute atomic E-state index is 11.7. The van der Waals surface area contributed by atoms with Crippen LogP contribution in [-0.2, 0) is 17.9 Å². The van der Waals surface area contributed by atoms with Crippen molar-refractivity contribution in [3.63, 3.8) is 0 Å². The zero-order chi connectivity index (χ0) is 18.9. The van der Waals surface area contributed by atoms with Crippen molar-refractivity contribution >= 4 is 11.8 Å². The molecule has 0 bridgehead atoms. The molecule has 2 aromatic rings. The average molecular weight is 357 g/mol. The van der Waals surface area contributed by atoms with E-state index >= 15 is 0 Å². The van der Waals surface area contributed by atoms with Crippen LogP contribution in [0.5, 0.6) is 11.5 Å². The number of benzene rings is 2. The molecule has 0 radical (unpaired) electrons. The summed E-state index contributed by atoms with van der Waals surface area (Å²) in [7, 11) is 4.78. The first-order chi connectivity index (χ1) is 12.6. The van der Waals surface area contributed by atoms with Crippen LogP contribution in [0.25, 0.3) is 0 Å². The van der Waals surface area contributed by atoms with Crippen molar-refractivity contribution in [2.24, 2.45) is 5.10 Å². The predicted octanol–water partition coefficient (Wildman–Crippen LogP) is 2.32. The Kier molecular flexibility index (Phi) is 6.84.